The van der Waals surface area contributed by atoms with E-state index in [4.69, 9.17) is 24.4 Å². The van der Waals surface area contributed by atoms with Gasteiger partial charge in [-0.05, 0) is 47.2 Å². The fourth-order valence-electron chi connectivity index (χ4n) is 2.72. The van der Waals surface area contributed by atoms with Gasteiger partial charge in [-0.15, -0.1) is 0 Å². The van der Waals surface area contributed by atoms with Crippen molar-refractivity contribution < 1.29 is 34.0 Å². The molecule has 0 radical (unpaired) electrons. The molecular formula is C22H20O7. The van der Waals surface area contributed by atoms with Gasteiger partial charge in [0.15, 0.2) is 11.5 Å². The highest BCUT2D eigenvalue weighted by Crippen LogP contribution is 2.32. The molecule has 0 bridgehead atoms. The first-order chi connectivity index (χ1) is 14.1. The van der Waals surface area contributed by atoms with Crippen LogP contribution in [-0.4, -0.2) is 48.4 Å². The second kappa shape index (κ2) is 9.57. The number of benzene rings is 3. The van der Waals surface area contributed by atoms with Crippen molar-refractivity contribution in [3.05, 3.63) is 66.2 Å². The number of carboxylic acids is 1. The third-order valence-corrected chi connectivity index (χ3v) is 4.08. The van der Waals surface area contributed by atoms with Crippen molar-refractivity contribution >= 4 is 22.5 Å². The summed E-state index contributed by atoms with van der Waals surface area (Å²) in [5.41, 5.74) is 0.0861. The van der Waals surface area contributed by atoms with Crippen LogP contribution in [0.25, 0.3) is 10.8 Å². The van der Waals surface area contributed by atoms with Crippen molar-refractivity contribution in [2.24, 2.45) is 0 Å². The van der Waals surface area contributed by atoms with Crippen LogP contribution < -0.4 is 14.2 Å². The first-order valence-electron chi connectivity index (χ1n) is 8.98. The molecule has 0 amide bonds. The van der Waals surface area contributed by atoms with Crippen molar-refractivity contribution in [1.29, 1.82) is 0 Å². The number of hydrogen-bond acceptors (Lipinski definition) is 6. The van der Waals surface area contributed by atoms with Gasteiger partial charge in [0.05, 0.1) is 6.61 Å². The van der Waals surface area contributed by atoms with Crippen LogP contribution in [0.3, 0.4) is 0 Å². The average Bonchev–Trinajstić information content (AvgIpc) is 2.74. The van der Waals surface area contributed by atoms with E-state index in [9.17, 15) is 9.59 Å². The Morgan fingerprint density at radius 1 is 0.759 bits per heavy atom. The third kappa shape index (κ3) is 5.24. The summed E-state index contributed by atoms with van der Waals surface area (Å²) in [6.45, 7) is 0.532. The van der Waals surface area contributed by atoms with Crippen molar-refractivity contribution in [3.8, 4) is 17.2 Å². The van der Waals surface area contributed by atoms with Gasteiger partial charge in [0.25, 0.3) is 5.78 Å². The molecule has 0 aromatic heterocycles. The lowest BCUT2D eigenvalue weighted by atomic mass is 10.1. The molecule has 0 spiro atoms. The Morgan fingerprint density at radius 3 is 1.86 bits per heavy atom. The largest absolute Gasteiger partial charge is 0.490 e. The number of aliphatic hydroxyl groups is 1. The van der Waals surface area contributed by atoms with Gasteiger partial charge in [0.2, 0.25) is 0 Å². The molecule has 0 heterocycles. The summed E-state index contributed by atoms with van der Waals surface area (Å²) >= 11 is 0. The fraction of sp³-hybridized carbons (Fsp3) is 0.182. The van der Waals surface area contributed by atoms with Crippen molar-refractivity contribution in [2.45, 2.75) is 0 Å². The lowest BCUT2D eigenvalue weighted by Gasteiger charge is -2.14. The number of carbonyl (C=O) groups is 2. The van der Waals surface area contributed by atoms with E-state index in [1.54, 1.807) is 0 Å². The van der Waals surface area contributed by atoms with Crippen LogP contribution in [0.2, 0.25) is 0 Å². The number of hydrogen-bond donors (Lipinski definition) is 2. The first kappa shape index (κ1) is 20.2. The fourth-order valence-corrected chi connectivity index (χ4v) is 2.72. The standard InChI is InChI=1S/C22H20O7/c23-9-10-28-19-13-16-3-1-2-4-17(16)14-20(19)29-12-11-27-18-7-5-15(6-8-18)21(24)22(25)26/h1-8,13-14,23H,9-12H2,(H,25,26). The predicted molar refractivity (Wildman–Crippen MR) is 106 cm³/mol. The highest BCUT2D eigenvalue weighted by Gasteiger charge is 2.14. The van der Waals surface area contributed by atoms with E-state index in [1.807, 2.05) is 36.4 Å². The van der Waals surface area contributed by atoms with E-state index in [0.29, 0.717) is 17.2 Å². The SMILES string of the molecule is O=C(O)C(=O)c1ccc(OCCOc2cc3ccccc3cc2OCCO)cc1. The molecule has 7 heteroatoms. The molecule has 0 atom stereocenters. The molecule has 2 N–H and O–H groups in total. The number of fused-ring (bicyclic) bond motifs is 1. The maximum absolute atomic E-state index is 11.4. The van der Waals surface area contributed by atoms with Crippen LogP contribution in [0, 0.1) is 0 Å². The summed E-state index contributed by atoms with van der Waals surface area (Å²) in [6, 6.07) is 17.4. The summed E-state index contributed by atoms with van der Waals surface area (Å²) in [7, 11) is 0. The van der Waals surface area contributed by atoms with E-state index < -0.39 is 11.8 Å². The molecule has 3 aromatic carbocycles. The van der Waals surface area contributed by atoms with Gasteiger partial charge in [-0.3, -0.25) is 4.79 Å². The minimum absolute atomic E-state index is 0.0861. The Labute approximate surface area is 167 Å². The number of rotatable bonds is 10. The Kier molecular flexibility index (Phi) is 6.65. The zero-order valence-corrected chi connectivity index (χ0v) is 15.5. The lowest BCUT2D eigenvalue weighted by molar-refractivity contribution is -0.131. The number of ketones is 1. The maximum Gasteiger partial charge on any atom is 0.377 e. The molecule has 0 aliphatic carbocycles. The van der Waals surface area contributed by atoms with Gasteiger partial charge >= 0.3 is 5.97 Å². The highest BCUT2D eigenvalue weighted by atomic mass is 16.5. The van der Waals surface area contributed by atoms with Gasteiger partial charge in [0.1, 0.15) is 25.6 Å². The summed E-state index contributed by atoms with van der Waals surface area (Å²) in [5, 5.41) is 19.7. The van der Waals surface area contributed by atoms with Crippen LogP contribution >= 0.6 is 0 Å². The van der Waals surface area contributed by atoms with E-state index in [1.165, 1.54) is 24.3 Å². The van der Waals surface area contributed by atoms with Gasteiger partial charge in [-0.2, -0.15) is 0 Å². The quantitative estimate of drug-likeness (QED) is 0.309. The van der Waals surface area contributed by atoms with Crippen LogP contribution in [0.15, 0.2) is 60.7 Å². The van der Waals surface area contributed by atoms with E-state index in [2.05, 4.69) is 0 Å². The summed E-state index contributed by atoms with van der Waals surface area (Å²) in [6.07, 6.45) is 0. The molecule has 3 aromatic rings. The lowest BCUT2D eigenvalue weighted by Crippen LogP contribution is -2.13. The third-order valence-electron chi connectivity index (χ3n) is 4.08. The smallest absolute Gasteiger partial charge is 0.377 e. The minimum atomic E-state index is -1.50. The van der Waals surface area contributed by atoms with Gasteiger partial charge < -0.3 is 24.4 Å². The zero-order valence-electron chi connectivity index (χ0n) is 15.5. The van der Waals surface area contributed by atoms with Gasteiger partial charge in [0, 0.05) is 5.56 Å². The van der Waals surface area contributed by atoms with Crippen molar-refractivity contribution in [2.75, 3.05) is 26.4 Å². The van der Waals surface area contributed by atoms with E-state index in [-0.39, 0.29) is 32.0 Å². The van der Waals surface area contributed by atoms with Crippen LogP contribution in [0.4, 0.5) is 0 Å². The average molecular weight is 396 g/mol. The summed E-state index contributed by atoms with van der Waals surface area (Å²) < 4.78 is 16.9. The molecular weight excluding hydrogens is 376 g/mol. The topological polar surface area (TPSA) is 102 Å². The Bertz CT molecular complexity index is 996. The van der Waals surface area contributed by atoms with Crippen LogP contribution in [0.1, 0.15) is 10.4 Å². The maximum atomic E-state index is 11.4. The molecule has 0 saturated carbocycles. The van der Waals surface area contributed by atoms with Crippen molar-refractivity contribution in [1.82, 2.24) is 0 Å². The van der Waals surface area contributed by atoms with Crippen molar-refractivity contribution in [3.63, 3.8) is 0 Å². The monoisotopic (exact) mass is 396 g/mol. The number of Topliss-reactive ketones (excluding diaryl/α,β-unsaturated/α-hetero) is 1. The van der Waals surface area contributed by atoms with Crippen LogP contribution in [0.5, 0.6) is 17.2 Å². The molecule has 0 aliphatic rings. The second-order valence-electron chi connectivity index (χ2n) is 6.07. The summed E-state index contributed by atoms with van der Waals surface area (Å²) in [4.78, 5) is 22.1. The molecule has 29 heavy (non-hydrogen) atoms. The normalized spacial score (nSPS) is 10.5. The highest BCUT2D eigenvalue weighted by molar-refractivity contribution is 6.39. The number of ether oxygens (including phenoxy) is 3. The van der Waals surface area contributed by atoms with E-state index >= 15 is 0 Å². The Hall–Kier alpha value is -3.58. The minimum Gasteiger partial charge on any atom is -0.490 e. The molecule has 0 unspecified atom stereocenters. The number of aliphatic carboxylic acids is 1. The van der Waals surface area contributed by atoms with E-state index in [0.717, 1.165) is 10.8 Å². The molecule has 0 saturated heterocycles. The number of carboxylic acid groups (broad SMARTS) is 1. The molecule has 7 nitrogen and oxygen atoms in total. The number of carbonyl (C=O) groups excluding carboxylic acids is 1. The molecule has 0 fully saturated rings. The Balaban J connectivity index is 1.60. The first-order valence-corrected chi connectivity index (χ1v) is 8.98. The van der Waals surface area contributed by atoms with Gasteiger partial charge in [-0.25, -0.2) is 4.79 Å². The summed E-state index contributed by atoms with van der Waals surface area (Å²) in [5.74, 6) is -0.892. The Morgan fingerprint density at radius 2 is 1.31 bits per heavy atom. The molecule has 0 aliphatic heterocycles. The van der Waals surface area contributed by atoms with Gasteiger partial charge in [-0.1, -0.05) is 24.3 Å². The second-order valence-corrected chi connectivity index (χ2v) is 6.07. The van der Waals surface area contributed by atoms with Crippen LogP contribution in [-0.2, 0) is 4.79 Å². The zero-order chi connectivity index (χ0) is 20.6. The number of aliphatic hydroxyl groups excluding tert-OH is 1. The molecule has 3 rings (SSSR count). The molecule has 150 valence electrons. The predicted octanol–water partition coefficient (Wildman–Crippen LogP) is 2.94.